The van der Waals surface area contributed by atoms with Gasteiger partial charge in [0.15, 0.2) is 17.6 Å². The third-order valence-corrected chi connectivity index (χ3v) is 2.24. The van der Waals surface area contributed by atoms with Gasteiger partial charge in [-0.25, -0.2) is 4.79 Å². The molecule has 1 aromatic carbocycles. The van der Waals surface area contributed by atoms with Crippen molar-refractivity contribution >= 4 is 11.9 Å². The van der Waals surface area contributed by atoms with Crippen LogP contribution in [0.25, 0.3) is 0 Å². The average Bonchev–Trinajstić information content (AvgIpc) is 2.37. The molecular weight excluding hydrogens is 240 g/mol. The number of carbonyl (C=O) groups excluding carboxylic acids is 2. The maximum Gasteiger partial charge on any atom is 0.346 e. The number of carbonyl (C=O) groups is 2. The molecule has 0 saturated heterocycles. The minimum Gasteiger partial charge on any atom is -0.545 e. The van der Waals surface area contributed by atoms with E-state index in [2.05, 4.69) is 4.74 Å². The lowest BCUT2D eigenvalue weighted by Crippen LogP contribution is -2.25. The topological polar surface area (TPSA) is 84.9 Å². The summed E-state index contributed by atoms with van der Waals surface area (Å²) in [5.41, 5.74) is -0.0371. The van der Waals surface area contributed by atoms with Gasteiger partial charge in [-0.1, -0.05) is 0 Å². The van der Waals surface area contributed by atoms with Crippen molar-refractivity contribution in [1.29, 1.82) is 0 Å². The highest BCUT2D eigenvalue weighted by Crippen LogP contribution is 2.28. The summed E-state index contributed by atoms with van der Waals surface area (Å²) < 4.78 is 14.8. The number of aromatic carboxylic acids is 1. The summed E-state index contributed by atoms with van der Waals surface area (Å²) in [5.74, 6) is -1.41. The van der Waals surface area contributed by atoms with E-state index in [0.717, 1.165) is 0 Å². The Morgan fingerprint density at radius 3 is 2.39 bits per heavy atom. The molecule has 0 heterocycles. The molecule has 0 aliphatic heterocycles. The molecule has 1 atom stereocenters. The second-order valence-electron chi connectivity index (χ2n) is 3.44. The Balaban J connectivity index is 2.96. The fourth-order valence-corrected chi connectivity index (χ4v) is 1.30. The Bertz CT molecular complexity index is 454. The van der Waals surface area contributed by atoms with Gasteiger partial charge >= 0.3 is 5.97 Å². The lowest BCUT2D eigenvalue weighted by Gasteiger charge is -2.16. The predicted octanol–water partition coefficient (Wildman–Crippen LogP) is -0.00100. The van der Waals surface area contributed by atoms with E-state index in [0.29, 0.717) is 0 Å². The minimum atomic E-state index is -1.32. The number of esters is 1. The average molecular weight is 253 g/mol. The summed E-state index contributed by atoms with van der Waals surface area (Å²) >= 11 is 0. The van der Waals surface area contributed by atoms with Gasteiger partial charge in [-0.2, -0.15) is 0 Å². The number of rotatable bonds is 5. The van der Waals surface area contributed by atoms with Crippen LogP contribution in [0.4, 0.5) is 0 Å². The SMILES string of the molecule is COC(=O)[C@@H](C)Oc1ccc(C(=O)[O-])cc1OC. The van der Waals surface area contributed by atoms with Gasteiger partial charge in [0.2, 0.25) is 0 Å². The molecule has 0 aliphatic carbocycles. The van der Waals surface area contributed by atoms with Crippen LogP contribution in [0.1, 0.15) is 17.3 Å². The summed E-state index contributed by atoms with van der Waals surface area (Å²) in [6.45, 7) is 1.51. The number of benzene rings is 1. The molecule has 98 valence electrons. The first-order valence-electron chi connectivity index (χ1n) is 5.13. The Kier molecular flexibility index (Phi) is 4.53. The fraction of sp³-hybridized carbons (Fsp3) is 0.333. The van der Waals surface area contributed by atoms with Crippen LogP contribution in [0.3, 0.4) is 0 Å². The van der Waals surface area contributed by atoms with Crippen LogP contribution in [0.15, 0.2) is 18.2 Å². The first-order valence-corrected chi connectivity index (χ1v) is 5.13. The Labute approximate surface area is 104 Å². The summed E-state index contributed by atoms with van der Waals surface area (Å²) in [7, 11) is 2.61. The van der Waals surface area contributed by atoms with Gasteiger partial charge in [0, 0.05) is 5.56 Å². The zero-order valence-corrected chi connectivity index (χ0v) is 10.3. The summed E-state index contributed by atoms with van der Waals surface area (Å²) in [5, 5.41) is 10.7. The van der Waals surface area contributed by atoms with E-state index in [-0.39, 0.29) is 17.1 Å². The molecule has 0 fully saturated rings. The molecule has 0 aromatic heterocycles. The summed E-state index contributed by atoms with van der Waals surface area (Å²) in [6, 6.07) is 3.95. The van der Waals surface area contributed by atoms with Crippen LogP contribution >= 0.6 is 0 Å². The first kappa shape index (κ1) is 13.8. The maximum atomic E-state index is 11.2. The zero-order valence-electron chi connectivity index (χ0n) is 10.3. The number of hydrogen-bond donors (Lipinski definition) is 0. The molecule has 6 heteroatoms. The van der Waals surface area contributed by atoms with Crippen molar-refractivity contribution in [2.24, 2.45) is 0 Å². The molecule has 6 nitrogen and oxygen atoms in total. The van der Waals surface area contributed by atoms with Crippen molar-refractivity contribution < 1.29 is 28.9 Å². The Morgan fingerprint density at radius 1 is 1.22 bits per heavy atom. The van der Waals surface area contributed by atoms with Gasteiger partial charge in [0.25, 0.3) is 0 Å². The van der Waals surface area contributed by atoms with Crippen LogP contribution in [-0.2, 0) is 9.53 Å². The first-order chi connectivity index (χ1) is 8.49. The van der Waals surface area contributed by atoms with Gasteiger partial charge in [0.05, 0.1) is 20.2 Å². The van der Waals surface area contributed by atoms with Gasteiger partial charge in [-0.3, -0.25) is 0 Å². The largest absolute Gasteiger partial charge is 0.545 e. The van der Waals surface area contributed by atoms with Crippen molar-refractivity contribution in [2.75, 3.05) is 14.2 Å². The van der Waals surface area contributed by atoms with Gasteiger partial charge in [-0.15, -0.1) is 0 Å². The summed E-state index contributed by atoms with van der Waals surface area (Å²) in [6.07, 6.45) is -0.822. The molecule has 0 amide bonds. The highest BCUT2D eigenvalue weighted by Gasteiger charge is 2.17. The molecule has 0 saturated carbocycles. The van der Waals surface area contributed by atoms with Crippen LogP contribution in [0.5, 0.6) is 11.5 Å². The maximum absolute atomic E-state index is 11.2. The quantitative estimate of drug-likeness (QED) is 0.686. The standard InChI is InChI=1S/C12H14O6/c1-7(12(15)17-3)18-9-5-4-8(11(13)14)6-10(9)16-2/h4-7H,1-3H3,(H,13,14)/p-1/t7-/m1/s1. The van der Waals surface area contributed by atoms with Crippen molar-refractivity contribution in [1.82, 2.24) is 0 Å². The van der Waals surface area contributed by atoms with Crippen LogP contribution in [-0.4, -0.2) is 32.3 Å². The van der Waals surface area contributed by atoms with Gasteiger partial charge in [-0.05, 0) is 25.1 Å². The molecule has 1 rings (SSSR count). The number of ether oxygens (including phenoxy) is 3. The van der Waals surface area contributed by atoms with E-state index in [1.54, 1.807) is 0 Å². The third-order valence-electron chi connectivity index (χ3n) is 2.24. The third kappa shape index (κ3) is 3.13. The predicted molar refractivity (Wildman–Crippen MR) is 59.4 cm³/mol. The number of carboxylic acid groups (broad SMARTS) is 1. The second-order valence-corrected chi connectivity index (χ2v) is 3.44. The Hall–Kier alpha value is -2.24. The molecular formula is C12H13O6-. The molecule has 0 radical (unpaired) electrons. The van der Waals surface area contributed by atoms with E-state index in [9.17, 15) is 14.7 Å². The number of methoxy groups -OCH3 is 2. The lowest BCUT2D eigenvalue weighted by molar-refractivity contribution is -0.255. The molecule has 0 spiro atoms. The highest BCUT2D eigenvalue weighted by atomic mass is 16.6. The van der Waals surface area contributed by atoms with E-state index in [1.165, 1.54) is 39.3 Å². The normalized spacial score (nSPS) is 11.5. The van der Waals surface area contributed by atoms with Crippen LogP contribution in [0.2, 0.25) is 0 Å². The molecule has 18 heavy (non-hydrogen) atoms. The smallest absolute Gasteiger partial charge is 0.346 e. The van der Waals surface area contributed by atoms with E-state index < -0.39 is 18.0 Å². The second kappa shape index (κ2) is 5.90. The number of carboxylic acids is 1. The van der Waals surface area contributed by atoms with Gasteiger partial charge in [0.1, 0.15) is 0 Å². The van der Waals surface area contributed by atoms with E-state index in [4.69, 9.17) is 9.47 Å². The van der Waals surface area contributed by atoms with Crippen molar-refractivity contribution in [3.05, 3.63) is 23.8 Å². The highest BCUT2D eigenvalue weighted by molar-refractivity contribution is 5.86. The van der Waals surface area contributed by atoms with Crippen LogP contribution in [0, 0.1) is 0 Å². The molecule has 1 aromatic rings. The monoisotopic (exact) mass is 253 g/mol. The number of hydrogen-bond acceptors (Lipinski definition) is 6. The molecule has 0 bridgehead atoms. The Morgan fingerprint density at radius 2 is 1.89 bits per heavy atom. The van der Waals surface area contributed by atoms with E-state index in [1.807, 2.05) is 0 Å². The van der Waals surface area contributed by atoms with Gasteiger partial charge < -0.3 is 24.1 Å². The van der Waals surface area contributed by atoms with Crippen molar-refractivity contribution in [3.8, 4) is 11.5 Å². The molecule has 0 aliphatic rings. The van der Waals surface area contributed by atoms with Crippen molar-refractivity contribution in [3.63, 3.8) is 0 Å². The molecule has 0 unspecified atom stereocenters. The molecule has 0 N–H and O–H groups in total. The van der Waals surface area contributed by atoms with E-state index >= 15 is 0 Å². The minimum absolute atomic E-state index is 0.0371. The fourth-order valence-electron chi connectivity index (χ4n) is 1.30. The lowest BCUT2D eigenvalue weighted by atomic mass is 10.2. The summed E-state index contributed by atoms with van der Waals surface area (Å²) in [4.78, 5) is 21.9. The van der Waals surface area contributed by atoms with Crippen molar-refractivity contribution in [2.45, 2.75) is 13.0 Å². The zero-order chi connectivity index (χ0) is 13.7. The van der Waals surface area contributed by atoms with Crippen LogP contribution < -0.4 is 14.6 Å².